The molecular weight excluding hydrogens is 649 g/mol. The fourth-order valence-electron chi connectivity index (χ4n) is 8.60. The maximum atomic E-state index is 4.41. The number of unbranched alkanes of at least 4 members (excludes halogenated alkanes) is 30. The van der Waals surface area contributed by atoms with Gasteiger partial charge in [0.1, 0.15) is 0 Å². The van der Waals surface area contributed by atoms with Crippen LogP contribution in [0.2, 0.25) is 0 Å². The van der Waals surface area contributed by atoms with E-state index in [2.05, 4.69) is 40.9 Å². The van der Waals surface area contributed by atoms with Crippen LogP contribution in [0.15, 0.2) is 35.5 Å². The monoisotopic (exact) mass is 753 g/mol. The van der Waals surface area contributed by atoms with Crippen molar-refractivity contribution >= 4 is 0 Å². The molecule has 0 aromatic heterocycles. The Hall–Kier alpha value is -0.780. The predicted molar refractivity (Wildman–Crippen MR) is 251 cm³/mol. The maximum Gasteiger partial charge on any atom is -0.0318 e. The first-order valence-electron chi connectivity index (χ1n) is 25.6. The number of rotatable bonds is 46. The summed E-state index contributed by atoms with van der Waals surface area (Å²) in [5, 5.41) is 0. The van der Waals surface area contributed by atoms with Gasteiger partial charge in [-0.15, -0.1) is 0 Å². The van der Waals surface area contributed by atoms with Crippen molar-refractivity contribution in [3.8, 4) is 0 Å². The lowest BCUT2D eigenvalue weighted by molar-refractivity contribution is 0.549. The Morgan fingerprint density at radius 2 is 0.352 bits per heavy atom. The summed E-state index contributed by atoms with van der Waals surface area (Å²) in [5.41, 5.74) is 6.88. The zero-order valence-corrected chi connectivity index (χ0v) is 38.5. The van der Waals surface area contributed by atoms with E-state index in [1.54, 1.807) is 0 Å². The standard InChI is InChI=1S/C54H104/c1-7-11-15-19-28-35-43-51(5)45-37-30-24-22-23-25-33-41-49-54(53(47-39-18-14-10-4)48-40-32-21-17-13-9-3)50-42-34-27-26-31-38-46-52(6)44-36-29-20-16-12-8-2/h5-50H2,1-4H3. The Labute approximate surface area is 344 Å². The molecule has 0 aliphatic rings. The van der Waals surface area contributed by atoms with Crippen LogP contribution < -0.4 is 0 Å². The fraction of sp³-hybridized carbons (Fsp3) is 0.889. The summed E-state index contributed by atoms with van der Waals surface area (Å²) in [6.07, 6.45) is 61.7. The third kappa shape index (κ3) is 39.5. The van der Waals surface area contributed by atoms with Gasteiger partial charge in [0.05, 0.1) is 0 Å². The van der Waals surface area contributed by atoms with Crippen LogP contribution in [0.1, 0.15) is 310 Å². The summed E-state index contributed by atoms with van der Waals surface area (Å²) >= 11 is 0. The molecular formula is C54H104. The molecule has 0 aromatic rings. The second-order valence-corrected chi connectivity index (χ2v) is 18.0. The largest absolute Gasteiger partial charge is 0.0999 e. The quantitative estimate of drug-likeness (QED) is 0.0429. The highest BCUT2D eigenvalue weighted by molar-refractivity contribution is 5.15. The van der Waals surface area contributed by atoms with Crippen molar-refractivity contribution in [1.29, 1.82) is 0 Å². The highest BCUT2D eigenvalue weighted by atomic mass is 14.2. The average molecular weight is 753 g/mol. The first kappa shape index (κ1) is 53.2. The Bertz CT molecular complexity index is 797. The summed E-state index contributed by atoms with van der Waals surface area (Å²) < 4.78 is 0. The molecule has 320 valence electrons. The van der Waals surface area contributed by atoms with E-state index in [1.165, 1.54) is 294 Å². The van der Waals surface area contributed by atoms with Crippen LogP contribution in [0, 0.1) is 0 Å². The summed E-state index contributed by atoms with van der Waals surface area (Å²) in [7, 11) is 0. The van der Waals surface area contributed by atoms with Gasteiger partial charge in [-0.05, 0) is 103 Å². The second kappa shape index (κ2) is 44.9. The fourth-order valence-corrected chi connectivity index (χ4v) is 8.60. The molecule has 0 heteroatoms. The van der Waals surface area contributed by atoms with Crippen LogP contribution >= 0.6 is 0 Å². The second-order valence-electron chi connectivity index (χ2n) is 18.0. The van der Waals surface area contributed by atoms with E-state index in [-0.39, 0.29) is 0 Å². The minimum absolute atomic E-state index is 1.27. The van der Waals surface area contributed by atoms with Gasteiger partial charge in [-0.2, -0.15) is 0 Å². The number of hydrogen-bond acceptors (Lipinski definition) is 0. The lowest BCUT2D eigenvalue weighted by Gasteiger charge is -2.17. The molecule has 0 amide bonds. The maximum absolute atomic E-state index is 4.41. The molecule has 0 saturated heterocycles. The first-order valence-corrected chi connectivity index (χ1v) is 25.6. The van der Waals surface area contributed by atoms with Crippen molar-refractivity contribution < 1.29 is 0 Å². The number of allylic oxidation sites excluding steroid dienone is 4. The topological polar surface area (TPSA) is 0 Å². The zero-order chi connectivity index (χ0) is 39.4. The Morgan fingerprint density at radius 1 is 0.204 bits per heavy atom. The summed E-state index contributed by atoms with van der Waals surface area (Å²) in [4.78, 5) is 0. The Morgan fingerprint density at radius 3 is 0.556 bits per heavy atom. The van der Waals surface area contributed by atoms with E-state index in [0.717, 1.165) is 0 Å². The lowest BCUT2D eigenvalue weighted by atomic mass is 9.89. The molecule has 0 bridgehead atoms. The van der Waals surface area contributed by atoms with Crippen molar-refractivity contribution in [2.24, 2.45) is 0 Å². The third-order valence-corrected chi connectivity index (χ3v) is 12.4. The van der Waals surface area contributed by atoms with Crippen LogP contribution in [-0.2, 0) is 0 Å². The highest BCUT2D eigenvalue weighted by Gasteiger charge is 2.09. The predicted octanol–water partition coefficient (Wildman–Crippen LogP) is 20.6. The molecule has 0 spiro atoms. The van der Waals surface area contributed by atoms with Crippen molar-refractivity contribution in [2.45, 2.75) is 310 Å². The van der Waals surface area contributed by atoms with Crippen LogP contribution in [0.4, 0.5) is 0 Å². The molecule has 0 fully saturated rings. The van der Waals surface area contributed by atoms with Gasteiger partial charge >= 0.3 is 0 Å². The van der Waals surface area contributed by atoms with Gasteiger partial charge in [-0.1, -0.05) is 243 Å². The minimum atomic E-state index is 1.27. The van der Waals surface area contributed by atoms with Gasteiger partial charge in [0, 0.05) is 0 Å². The van der Waals surface area contributed by atoms with Gasteiger partial charge in [0.15, 0.2) is 0 Å². The smallest absolute Gasteiger partial charge is 0.0318 e. The van der Waals surface area contributed by atoms with Gasteiger partial charge < -0.3 is 0 Å². The van der Waals surface area contributed by atoms with Crippen LogP contribution in [0.25, 0.3) is 0 Å². The van der Waals surface area contributed by atoms with Gasteiger partial charge in [0.25, 0.3) is 0 Å². The van der Waals surface area contributed by atoms with E-state index in [9.17, 15) is 0 Å². The van der Waals surface area contributed by atoms with E-state index in [0.29, 0.717) is 0 Å². The molecule has 0 atom stereocenters. The molecule has 0 unspecified atom stereocenters. The molecule has 0 aliphatic heterocycles. The molecule has 0 rings (SSSR count). The summed E-state index contributed by atoms with van der Waals surface area (Å²) in [6.45, 7) is 18.1. The van der Waals surface area contributed by atoms with E-state index in [1.807, 2.05) is 11.1 Å². The van der Waals surface area contributed by atoms with Gasteiger partial charge in [-0.3, -0.25) is 0 Å². The molecule has 54 heavy (non-hydrogen) atoms. The van der Waals surface area contributed by atoms with Gasteiger partial charge in [0.2, 0.25) is 0 Å². The van der Waals surface area contributed by atoms with Crippen molar-refractivity contribution in [3.63, 3.8) is 0 Å². The summed E-state index contributed by atoms with van der Waals surface area (Å²) in [5.74, 6) is 0. The van der Waals surface area contributed by atoms with E-state index < -0.39 is 0 Å². The molecule has 0 aromatic carbocycles. The summed E-state index contributed by atoms with van der Waals surface area (Å²) in [6, 6.07) is 0. The molecule has 0 nitrogen and oxygen atoms in total. The minimum Gasteiger partial charge on any atom is -0.0999 e. The van der Waals surface area contributed by atoms with Gasteiger partial charge in [-0.25, -0.2) is 0 Å². The molecule has 0 aliphatic carbocycles. The van der Waals surface area contributed by atoms with Crippen molar-refractivity contribution in [3.05, 3.63) is 35.5 Å². The van der Waals surface area contributed by atoms with E-state index in [4.69, 9.17) is 0 Å². The average Bonchev–Trinajstić information content (AvgIpc) is 3.17. The third-order valence-electron chi connectivity index (χ3n) is 12.4. The first-order chi connectivity index (χ1) is 26.6. The van der Waals surface area contributed by atoms with Crippen LogP contribution in [0.3, 0.4) is 0 Å². The van der Waals surface area contributed by atoms with Crippen LogP contribution in [-0.4, -0.2) is 0 Å². The van der Waals surface area contributed by atoms with E-state index >= 15 is 0 Å². The Kier molecular flexibility index (Phi) is 44.3. The zero-order valence-electron chi connectivity index (χ0n) is 38.5. The van der Waals surface area contributed by atoms with Crippen molar-refractivity contribution in [1.82, 2.24) is 0 Å². The molecule has 0 radical (unpaired) electrons. The normalized spacial score (nSPS) is 12.1. The van der Waals surface area contributed by atoms with Crippen molar-refractivity contribution in [2.75, 3.05) is 0 Å². The Balaban J connectivity index is 4.58. The lowest BCUT2D eigenvalue weighted by Crippen LogP contribution is -1.97. The molecule has 0 heterocycles. The molecule has 0 N–H and O–H groups in total. The molecule has 0 saturated carbocycles. The van der Waals surface area contributed by atoms with Crippen LogP contribution in [0.5, 0.6) is 0 Å². The SMILES string of the molecule is C=C(CCCCCCCC)CCCCCCCCCCC(CCCCCCCCC(=C)CCCCCCCC)=C(CCCCCC)CCCCCCCC. The highest BCUT2D eigenvalue weighted by Crippen LogP contribution is 2.29. The number of hydrogen-bond donors (Lipinski definition) is 0.